The topological polar surface area (TPSA) is 103 Å². The Morgan fingerprint density at radius 1 is 1.04 bits per heavy atom. The molecule has 2 saturated heterocycles. The lowest BCUT2D eigenvalue weighted by molar-refractivity contribution is -0.141. The Morgan fingerprint density at radius 2 is 1.78 bits per heavy atom. The summed E-state index contributed by atoms with van der Waals surface area (Å²) >= 11 is 0. The second kappa shape index (κ2) is 7.48. The standard InChI is InChI=1S/C19H23N5O3/c25-14-4-9-23(10-5-14)17-3-8-21-19(22-17)24-11-15(16(12-24)18(26)27)13-1-6-20-7-2-13/h1-3,6-8,14-16,25H,4-5,9-12H2,(H,26,27)/t15-,16+/m0/s1. The van der Waals surface area contributed by atoms with E-state index in [2.05, 4.69) is 19.9 Å². The third-order valence-electron chi connectivity index (χ3n) is 5.47. The van der Waals surface area contributed by atoms with Crippen LogP contribution in [0.1, 0.15) is 24.3 Å². The average molecular weight is 369 g/mol. The van der Waals surface area contributed by atoms with E-state index in [-0.39, 0.29) is 12.0 Å². The third-order valence-corrected chi connectivity index (χ3v) is 5.47. The number of hydrogen-bond donors (Lipinski definition) is 2. The molecule has 2 aromatic heterocycles. The minimum atomic E-state index is -0.805. The van der Waals surface area contributed by atoms with Gasteiger partial charge in [0.25, 0.3) is 0 Å². The highest BCUT2D eigenvalue weighted by Gasteiger charge is 2.39. The summed E-state index contributed by atoms with van der Waals surface area (Å²) in [6.07, 6.45) is 6.33. The largest absolute Gasteiger partial charge is 0.481 e. The summed E-state index contributed by atoms with van der Waals surface area (Å²) in [6, 6.07) is 5.62. The van der Waals surface area contributed by atoms with Gasteiger partial charge < -0.3 is 20.0 Å². The Hall–Kier alpha value is -2.74. The van der Waals surface area contributed by atoms with Crippen LogP contribution in [0.25, 0.3) is 0 Å². The molecule has 0 bridgehead atoms. The van der Waals surface area contributed by atoms with E-state index in [1.54, 1.807) is 18.6 Å². The molecule has 4 heterocycles. The molecule has 4 rings (SSSR count). The number of pyridine rings is 1. The molecule has 2 atom stereocenters. The number of carboxylic acids is 1. The molecule has 142 valence electrons. The van der Waals surface area contributed by atoms with E-state index < -0.39 is 11.9 Å². The number of piperidine rings is 1. The van der Waals surface area contributed by atoms with Crippen LogP contribution in [0.5, 0.6) is 0 Å². The Labute approximate surface area is 157 Å². The van der Waals surface area contributed by atoms with E-state index in [0.29, 0.717) is 19.0 Å². The smallest absolute Gasteiger partial charge is 0.308 e. The lowest BCUT2D eigenvalue weighted by Crippen LogP contribution is -2.36. The van der Waals surface area contributed by atoms with Crippen LogP contribution in [-0.2, 0) is 4.79 Å². The molecule has 2 fully saturated rings. The van der Waals surface area contributed by atoms with Gasteiger partial charge in [0, 0.05) is 50.7 Å². The van der Waals surface area contributed by atoms with Gasteiger partial charge in [0.05, 0.1) is 12.0 Å². The number of aliphatic carboxylic acids is 1. The molecule has 2 aromatic rings. The lowest BCUT2D eigenvalue weighted by Gasteiger charge is -2.31. The number of aliphatic hydroxyl groups excluding tert-OH is 1. The van der Waals surface area contributed by atoms with Crippen LogP contribution >= 0.6 is 0 Å². The van der Waals surface area contributed by atoms with Gasteiger partial charge in [-0.3, -0.25) is 9.78 Å². The predicted molar refractivity (Wildman–Crippen MR) is 99.8 cm³/mol. The van der Waals surface area contributed by atoms with E-state index in [4.69, 9.17) is 0 Å². The van der Waals surface area contributed by atoms with Crippen LogP contribution in [-0.4, -0.2) is 63.4 Å². The van der Waals surface area contributed by atoms with Gasteiger partial charge in [-0.25, -0.2) is 4.98 Å². The molecule has 0 spiro atoms. The quantitative estimate of drug-likeness (QED) is 0.827. The highest BCUT2D eigenvalue weighted by Crippen LogP contribution is 2.34. The Kier molecular flexibility index (Phi) is 4.89. The first-order chi connectivity index (χ1) is 13.1. The molecule has 8 nitrogen and oxygen atoms in total. The number of anilines is 2. The minimum absolute atomic E-state index is 0.122. The van der Waals surface area contributed by atoms with Crippen molar-refractivity contribution in [2.75, 3.05) is 36.0 Å². The van der Waals surface area contributed by atoms with Gasteiger partial charge in [0.15, 0.2) is 0 Å². The Bertz CT molecular complexity index is 795. The normalized spacial score (nSPS) is 23.6. The van der Waals surface area contributed by atoms with Crippen LogP contribution in [0.3, 0.4) is 0 Å². The van der Waals surface area contributed by atoms with Gasteiger partial charge in [0.2, 0.25) is 5.95 Å². The van der Waals surface area contributed by atoms with Gasteiger partial charge in [-0.1, -0.05) is 0 Å². The molecule has 2 aliphatic rings. The van der Waals surface area contributed by atoms with Crippen molar-refractivity contribution in [1.29, 1.82) is 0 Å². The number of aliphatic hydroxyl groups is 1. The van der Waals surface area contributed by atoms with Gasteiger partial charge in [-0.05, 0) is 36.6 Å². The first-order valence-electron chi connectivity index (χ1n) is 9.25. The maximum Gasteiger partial charge on any atom is 0.308 e. The third kappa shape index (κ3) is 3.71. The van der Waals surface area contributed by atoms with E-state index >= 15 is 0 Å². The van der Waals surface area contributed by atoms with Crippen LogP contribution in [0, 0.1) is 5.92 Å². The summed E-state index contributed by atoms with van der Waals surface area (Å²) in [4.78, 5) is 29.0. The highest BCUT2D eigenvalue weighted by molar-refractivity contribution is 5.73. The van der Waals surface area contributed by atoms with Crippen molar-refractivity contribution < 1.29 is 15.0 Å². The maximum atomic E-state index is 11.8. The van der Waals surface area contributed by atoms with Crippen LogP contribution < -0.4 is 9.80 Å². The lowest BCUT2D eigenvalue weighted by atomic mass is 9.90. The highest BCUT2D eigenvalue weighted by atomic mass is 16.4. The zero-order valence-corrected chi connectivity index (χ0v) is 15.0. The molecule has 2 aliphatic heterocycles. The molecular formula is C19H23N5O3. The first kappa shape index (κ1) is 17.7. The monoisotopic (exact) mass is 369 g/mol. The SMILES string of the molecule is O=C(O)[C@@H]1CN(c2nccc(N3CCC(O)CC3)n2)C[C@H]1c1ccncc1. The molecule has 2 N–H and O–H groups in total. The second-order valence-electron chi connectivity index (χ2n) is 7.17. The van der Waals surface area contributed by atoms with Gasteiger partial charge in [-0.2, -0.15) is 4.98 Å². The van der Waals surface area contributed by atoms with E-state index in [1.807, 2.05) is 23.1 Å². The van der Waals surface area contributed by atoms with Gasteiger partial charge >= 0.3 is 5.97 Å². The minimum Gasteiger partial charge on any atom is -0.481 e. The van der Waals surface area contributed by atoms with Crippen molar-refractivity contribution in [2.24, 2.45) is 5.92 Å². The second-order valence-corrected chi connectivity index (χ2v) is 7.17. The van der Waals surface area contributed by atoms with Crippen LogP contribution in [0.4, 0.5) is 11.8 Å². The molecule has 0 radical (unpaired) electrons. The van der Waals surface area contributed by atoms with Crippen LogP contribution in [0.2, 0.25) is 0 Å². The summed E-state index contributed by atoms with van der Waals surface area (Å²) in [7, 11) is 0. The molecule has 27 heavy (non-hydrogen) atoms. The molecule has 0 unspecified atom stereocenters. The van der Waals surface area contributed by atoms with Crippen LogP contribution in [0.15, 0.2) is 36.8 Å². The van der Waals surface area contributed by atoms with E-state index in [0.717, 1.165) is 37.3 Å². The van der Waals surface area contributed by atoms with Crippen molar-refractivity contribution in [1.82, 2.24) is 15.0 Å². The number of rotatable bonds is 4. The molecule has 0 amide bonds. The van der Waals surface area contributed by atoms with Crippen molar-refractivity contribution >= 4 is 17.7 Å². The number of nitrogens with zero attached hydrogens (tertiary/aromatic N) is 5. The number of hydrogen-bond acceptors (Lipinski definition) is 7. The Balaban J connectivity index is 1.55. The average Bonchev–Trinajstić information content (AvgIpc) is 3.15. The van der Waals surface area contributed by atoms with Crippen molar-refractivity contribution in [3.63, 3.8) is 0 Å². The summed E-state index contributed by atoms with van der Waals surface area (Å²) in [5, 5.41) is 19.4. The van der Waals surface area contributed by atoms with E-state index in [1.165, 1.54) is 0 Å². The molecule has 0 aromatic carbocycles. The predicted octanol–water partition coefficient (Wildman–Crippen LogP) is 1.14. The van der Waals surface area contributed by atoms with Crippen molar-refractivity contribution in [3.8, 4) is 0 Å². The van der Waals surface area contributed by atoms with Crippen molar-refractivity contribution in [2.45, 2.75) is 24.9 Å². The summed E-state index contributed by atoms with van der Waals surface area (Å²) < 4.78 is 0. The number of carboxylic acid groups (broad SMARTS) is 1. The molecular weight excluding hydrogens is 346 g/mol. The molecule has 8 heteroatoms. The van der Waals surface area contributed by atoms with Crippen molar-refractivity contribution in [3.05, 3.63) is 42.4 Å². The molecule has 0 saturated carbocycles. The van der Waals surface area contributed by atoms with Gasteiger partial charge in [0.1, 0.15) is 5.82 Å². The maximum absolute atomic E-state index is 11.8. The first-order valence-corrected chi connectivity index (χ1v) is 9.25. The van der Waals surface area contributed by atoms with E-state index in [9.17, 15) is 15.0 Å². The summed E-state index contributed by atoms with van der Waals surface area (Å²) in [6.45, 7) is 2.46. The number of carbonyl (C=O) groups is 1. The molecule has 0 aliphatic carbocycles. The number of aromatic nitrogens is 3. The zero-order chi connectivity index (χ0) is 18.8. The fraction of sp³-hybridized carbons (Fsp3) is 0.474. The Morgan fingerprint density at radius 3 is 2.48 bits per heavy atom. The fourth-order valence-corrected chi connectivity index (χ4v) is 3.93. The van der Waals surface area contributed by atoms with Gasteiger partial charge in [-0.15, -0.1) is 0 Å². The zero-order valence-electron chi connectivity index (χ0n) is 15.0. The summed E-state index contributed by atoms with van der Waals surface area (Å²) in [5.74, 6) is -0.0549. The summed E-state index contributed by atoms with van der Waals surface area (Å²) in [5.41, 5.74) is 0.973. The fourth-order valence-electron chi connectivity index (χ4n) is 3.93.